The monoisotopic (exact) mass is 190 g/mol. The largest absolute Gasteiger partial charge is 0.242 e. The van der Waals surface area contributed by atoms with Gasteiger partial charge in [-0.05, 0) is 37.5 Å². The Morgan fingerprint density at radius 1 is 1.14 bits per heavy atom. The van der Waals surface area contributed by atoms with Gasteiger partial charge in [-0.1, -0.05) is 29.9 Å². The predicted molar refractivity (Wildman–Crippen MR) is 57.7 cm³/mol. The lowest BCUT2D eigenvalue weighted by molar-refractivity contribution is 0.326. The van der Waals surface area contributed by atoms with Crippen molar-refractivity contribution in [2.24, 2.45) is 5.92 Å². The van der Waals surface area contributed by atoms with E-state index in [2.05, 4.69) is 6.08 Å². The lowest BCUT2D eigenvalue weighted by atomic mass is 9.79. The lowest BCUT2D eigenvalue weighted by Gasteiger charge is -2.28. The third kappa shape index (κ3) is 1.37. The van der Waals surface area contributed by atoms with Crippen molar-refractivity contribution in [2.75, 3.05) is 0 Å². The minimum absolute atomic E-state index is 0.0521. The zero-order valence-corrected chi connectivity index (χ0v) is 8.84. The van der Waals surface area contributed by atoms with Gasteiger partial charge in [-0.15, -0.1) is 0 Å². The molecule has 0 heterocycles. The first-order chi connectivity index (χ1) is 6.59. The summed E-state index contributed by atoms with van der Waals surface area (Å²) < 4.78 is 14.0. The van der Waals surface area contributed by atoms with Gasteiger partial charge in [0.05, 0.1) is 0 Å². The van der Waals surface area contributed by atoms with Crippen LogP contribution in [-0.4, -0.2) is 6.17 Å². The van der Waals surface area contributed by atoms with E-state index in [0.29, 0.717) is 0 Å². The summed E-state index contributed by atoms with van der Waals surface area (Å²) in [6.45, 7) is 5.87. The third-order valence-corrected chi connectivity index (χ3v) is 3.10. The summed E-state index contributed by atoms with van der Waals surface area (Å²) >= 11 is 0. The van der Waals surface area contributed by atoms with Gasteiger partial charge in [-0.2, -0.15) is 0 Å². The molecule has 0 aromatic heterocycles. The summed E-state index contributed by atoms with van der Waals surface area (Å²) in [5.41, 5.74) is 4.20. The van der Waals surface area contributed by atoms with Crippen molar-refractivity contribution in [3.63, 3.8) is 0 Å². The average molecular weight is 190 g/mol. The van der Waals surface area contributed by atoms with Crippen molar-refractivity contribution in [2.45, 2.75) is 26.9 Å². The minimum Gasteiger partial charge on any atom is -0.242 e. The summed E-state index contributed by atoms with van der Waals surface area (Å²) in [5, 5.41) is 0. The fourth-order valence-electron chi connectivity index (χ4n) is 2.02. The molecule has 0 nitrogen and oxygen atoms in total. The molecule has 0 fully saturated rings. The minimum atomic E-state index is -0.838. The standard InChI is InChI=1S/C13H15F/c1-8-4-5-11-7-9(2)10(3)13(14)12(11)6-8/h4-7,12-13H,1-3H3. The van der Waals surface area contributed by atoms with E-state index in [1.807, 2.05) is 39.0 Å². The van der Waals surface area contributed by atoms with Crippen molar-refractivity contribution in [1.82, 2.24) is 0 Å². The highest BCUT2D eigenvalue weighted by Crippen LogP contribution is 2.36. The first-order valence-corrected chi connectivity index (χ1v) is 4.99. The highest BCUT2D eigenvalue weighted by Gasteiger charge is 2.28. The molecule has 0 N–H and O–H groups in total. The Kier molecular flexibility index (Phi) is 2.18. The Labute approximate surface area is 84.5 Å². The summed E-state index contributed by atoms with van der Waals surface area (Å²) in [7, 11) is 0. The van der Waals surface area contributed by atoms with Crippen molar-refractivity contribution < 1.29 is 4.39 Å². The molecule has 0 amide bonds. The molecule has 0 aromatic rings. The topological polar surface area (TPSA) is 0 Å². The smallest absolute Gasteiger partial charge is 0.132 e. The van der Waals surface area contributed by atoms with Gasteiger partial charge in [0.25, 0.3) is 0 Å². The molecule has 0 radical (unpaired) electrons. The van der Waals surface area contributed by atoms with E-state index in [4.69, 9.17) is 0 Å². The fourth-order valence-corrected chi connectivity index (χ4v) is 2.02. The Morgan fingerprint density at radius 2 is 1.86 bits per heavy atom. The first-order valence-electron chi connectivity index (χ1n) is 4.99. The van der Waals surface area contributed by atoms with E-state index in [1.165, 1.54) is 0 Å². The van der Waals surface area contributed by atoms with Crippen LogP contribution in [0.25, 0.3) is 0 Å². The predicted octanol–water partition coefficient (Wildman–Crippen LogP) is 3.73. The summed E-state index contributed by atoms with van der Waals surface area (Å²) in [5.74, 6) is -0.0521. The normalized spacial score (nSPS) is 31.1. The Hall–Kier alpha value is -1.11. The van der Waals surface area contributed by atoms with E-state index < -0.39 is 6.17 Å². The molecule has 2 aliphatic carbocycles. The van der Waals surface area contributed by atoms with E-state index in [9.17, 15) is 4.39 Å². The first kappa shape index (κ1) is 9.45. The second-order valence-electron chi connectivity index (χ2n) is 4.18. The number of rotatable bonds is 0. The number of allylic oxidation sites excluding steroid dienone is 8. The van der Waals surface area contributed by atoms with E-state index in [0.717, 1.165) is 22.3 Å². The molecule has 0 bridgehead atoms. The molecule has 0 spiro atoms. The van der Waals surface area contributed by atoms with Crippen LogP contribution in [0.5, 0.6) is 0 Å². The fraction of sp³-hybridized carbons (Fsp3) is 0.385. The van der Waals surface area contributed by atoms with Crippen LogP contribution in [0, 0.1) is 5.92 Å². The number of hydrogen-bond acceptors (Lipinski definition) is 0. The molecule has 74 valence electrons. The van der Waals surface area contributed by atoms with Gasteiger partial charge in [0.1, 0.15) is 6.17 Å². The molecule has 0 aromatic carbocycles. The van der Waals surface area contributed by atoms with Crippen molar-refractivity contribution >= 4 is 0 Å². The Morgan fingerprint density at radius 3 is 2.57 bits per heavy atom. The zero-order valence-electron chi connectivity index (χ0n) is 8.84. The van der Waals surface area contributed by atoms with Gasteiger partial charge in [0, 0.05) is 5.92 Å². The van der Waals surface area contributed by atoms with Gasteiger partial charge in [0.2, 0.25) is 0 Å². The molecule has 14 heavy (non-hydrogen) atoms. The highest BCUT2D eigenvalue weighted by atomic mass is 19.1. The van der Waals surface area contributed by atoms with Crippen molar-refractivity contribution in [1.29, 1.82) is 0 Å². The molecular formula is C13H15F. The lowest BCUT2D eigenvalue weighted by Crippen LogP contribution is -2.22. The average Bonchev–Trinajstić information content (AvgIpc) is 2.16. The Bertz CT molecular complexity index is 380. The van der Waals surface area contributed by atoms with Crippen LogP contribution >= 0.6 is 0 Å². The van der Waals surface area contributed by atoms with Gasteiger partial charge in [0.15, 0.2) is 0 Å². The van der Waals surface area contributed by atoms with Crippen LogP contribution in [0.4, 0.5) is 4.39 Å². The number of fused-ring (bicyclic) bond motifs is 1. The van der Waals surface area contributed by atoms with Crippen LogP contribution in [0.3, 0.4) is 0 Å². The molecule has 0 aliphatic heterocycles. The van der Waals surface area contributed by atoms with Crippen molar-refractivity contribution in [3.05, 3.63) is 46.6 Å². The quantitative estimate of drug-likeness (QED) is 0.546. The molecule has 2 atom stereocenters. The molecule has 0 saturated heterocycles. The molecule has 2 aliphatic rings. The van der Waals surface area contributed by atoms with Crippen molar-refractivity contribution in [3.8, 4) is 0 Å². The van der Waals surface area contributed by atoms with Gasteiger partial charge in [-0.25, -0.2) is 4.39 Å². The summed E-state index contributed by atoms with van der Waals surface area (Å²) in [6.07, 6.45) is 7.35. The Balaban J connectivity index is 2.45. The number of halogens is 1. The molecule has 2 rings (SSSR count). The summed E-state index contributed by atoms with van der Waals surface area (Å²) in [6, 6.07) is 0. The number of alkyl halides is 1. The second-order valence-corrected chi connectivity index (χ2v) is 4.18. The van der Waals surface area contributed by atoms with E-state index in [1.54, 1.807) is 0 Å². The summed E-state index contributed by atoms with van der Waals surface area (Å²) in [4.78, 5) is 0. The third-order valence-electron chi connectivity index (χ3n) is 3.10. The van der Waals surface area contributed by atoms with Crippen LogP contribution < -0.4 is 0 Å². The number of hydrogen-bond donors (Lipinski definition) is 0. The van der Waals surface area contributed by atoms with Crippen LogP contribution in [-0.2, 0) is 0 Å². The van der Waals surface area contributed by atoms with Crippen LogP contribution in [0.15, 0.2) is 46.6 Å². The second kappa shape index (κ2) is 3.23. The molecule has 1 heteroatoms. The van der Waals surface area contributed by atoms with E-state index in [-0.39, 0.29) is 5.92 Å². The van der Waals surface area contributed by atoms with Gasteiger partial charge >= 0.3 is 0 Å². The highest BCUT2D eigenvalue weighted by molar-refractivity contribution is 5.47. The molecule has 2 unspecified atom stereocenters. The SMILES string of the molecule is CC1=CC2C(=CC(C)=C(C)C2F)C=C1. The maximum absolute atomic E-state index is 14.0. The molecule has 0 saturated carbocycles. The van der Waals surface area contributed by atoms with Crippen LogP contribution in [0.1, 0.15) is 20.8 Å². The van der Waals surface area contributed by atoms with Gasteiger partial charge < -0.3 is 0 Å². The zero-order chi connectivity index (χ0) is 10.3. The maximum Gasteiger partial charge on any atom is 0.132 e. The maximum atomic E-state index is 14.0. The van der Waals surface area contributed by atoms with Crippen LogP contribution in [0.2, 0.25) is 0 Å². The van der Waals surface area contributed by atoms with Gasteiger partial charge in [-0.3, -0.25) is 0 Å². The molecular weight excluding hydrogens is 175 g/mol. The van der Waals surface area contributed by atoms with E-state index >= 15 is 0 Å².